The number of aliphatic hydroxyl groups is 2. The van der Waals surface area contributed by atoms with Crippen LogP contribution in [0.3, 0.4) is 0 Å². The second-order valence-electron chi connectivity index (χ2n) is 1.91. The molecule has 0 bridgehead atoms. The van der Waals surface area contributed by atoms with Gasteiger partial charge in [-0.05, 0) is 18.2 Å². The molecule has 0 atom stereocenters. The fourth-order valence-electron chi connectivity index (χ4n) is 0.589. The molecule has 0 unspecified atom stereocenters. The van der Waals surface area contributed by atoms with Gasteiger partial charge in [0.1, 0.15) is 0 Å². The molecule has 0 aliphatic heterocycles. The van der Waals surface area contributed by atoms with Crippen LogP contribution in [0, 0.1) is 0 Å². The van der Waals surface area contributed by atoms with Crippen LogP contribution in [0.15, 0.2) is 35.5 Å². The van der Waals surface area contributed by atoms with E-state index in [4.69, 9.17) is 14.6 Å². The second-order valence-corrected chi connectivity index (χ2v) is 1.91. The Morgan fingerprint density at radius 3 is 2.70 bits per heavy atom. The van der Waals surface area contributed by atoms with Crippen LogP contribution >= 0.6 is 0 Å². The number of furan rings is 1. The summed E-state index contributed by atoms with van der Waals surface area (Å²) < 4.78 is 4.72. The first-order chi connectivity index (χ1) is 4.67. The van der Waals surface area contributed by atoms with E-state index in [2.05, 4.69) is 6.58 Å². The van der Waals surface area contributed by atoms with E-state index < -0.39 is 5.79 Å². The Kier molecular flexibility index (Phi) is 1.61. The third kappa shape index (κ3) is 1.10. The lowest BCUT2D eigenvalue weighted by Crippen LogP contribution is -2.20. The first-order valence-corrected chi connectivity index (χ1v) is 2.79. The first-order valence-electron chi connectivity index (χ1n) is 2.79. The van der Waals surface area contributed by atoms with Crippen molar-refractivity contribution in [3.05, 3.63) is 36.8 Å². The largest absolute Gasteiger partial charge is 0.463 e. The maximum Gasteiger partial charge on any atom is 0.243 e. The van der Waals surface area contributed by atoms with Gasteiger partial charge in [0.2, 0.25) is 5.79 Å². The van der Waals surface area contributed by atoms with Crippen molar-refractivity contribution in [1.82, 2.24) is 0 Å². The zero-order valence-electron chi connectivity index (χ0n) is 5.32. The van der Waals surface area contributed by atoms with Crippen molar-refractivity contribution in [2.45, 2.75) is 5.79 Å². The van der Waals surface area contributed by atoms with Gasteiger partial charge in [-0.15, -0.1) is 0 Å². The summed E-state index contributed by atoms with van der Waals surface area (Å²) in [6.07, 6.45) is 2.35. The Bertz CT molecular complexity index is 211. The molecule has 1 rings (SSSR count). The standard InChI is InChI=1S/C7H8O3/c1-2-7(8,9)6-4-3-5-10-6/h2-5,8-9H,1H2. The van der Waals surface area contributed by atoms with Crippen LogP contribution < -0.4 is 0 Å². The minimum atomic E-state index is -2.04. The monoisotopic (exact) mass is 140 g/mol. The second kappa shape index (κ2) is 2.28. The molecule has 3 heteroatoms. The number of hydrogen-bond acceptors (Lipinski definition) is 3. The summed E-state index contributed by atoms with van der Waals surface area (Å²) in [4.78, 5) is 0. The highest BCUT2D eigenvalue weighted by Gasteiger charge is 2.23. The topological polar surface area (TPSA) is 53.6 Å². The lowest BCUT2D eigenvalue weighted by atomic mass is 10.2. The van der Waals surface area contributed by atoms with Crippen LogP contribution in [0.4, 0.5) is 0 Å². The van der Waals surface area contributed by atoms with Crippen molar-refractivity contribution in [1.29, 1.82) is 0 Å². The van der Waals surface area contributed by atoms with E-state index >= 15 is 0 Å². The van der Waals surface area contributed by atoms with Crippen molar-refractivity contribution in [3.8, 4) is 0 Å². The predicted molar refractivity (Wildman–Crippen MR) is 35.0 cm³/mol. The van der Waals surface area contributed by atoms with Crippen molar-refractivity contribution >= 4 is 0 Å². The fraction of sp³-hybridized carbons (Fsp3) is 0.143. The molecule has 1 aromatic rings. The zero-order valence-corrected chi connectivity index (χ0v) is 5.32. The van der Waals surface area contributed by atoms with E-state index in [0.717, 1.165) is 6.08 Å². The maximum absolute atomic E-state index is 9.03. The molecule has 0 radical (unpaired) electrons. The molecule has 0 fully saturated rings. The number of rotatable bonds is 2. The Balaban J connectivity index is 2.95. The van der Waals surface area contributed by atoms with Crippen molar-refractivity contribution in [2.24, 2.45) is 0 Å². The van der Waals surface area contributed by atoms with Gasteiger partial charge >= 0.3 is 0 Å². The van der Waals surface area contributed by atoms with Crippen molar-refractivity contribution in [3.63, 3.8) is 0 Å². The van der Waals surface area contributed by atoms with Crippen LogP contribution in [0.2, 0.25) is 0 Å². The van der Waals surface area contributed by atoms with Crippen LogP contribution in [0.5, 0.6) is 0 Å². The van der Waals surface area contributed by atoms with Crippen molar-refractivity contribution in [2.75, 3.05) is 0 Å². The molecule has 0 aliphatic carbocycles. The van der Waals surface area contributed by atoms with E-state index in [-0.39, 0.29) is 5.76 Å². The average molecular weight is 140 g/mol. The quantitative estimate of drug-likeness (QED) is 0.467. The molecule has 0 amide bonds. The summed E-state index contributed by atoms with van der Waals surface area (Å²) in [5, 5.41) is 18.1. The highest BCUT2D eigenvalue weighted by atomic mass is 16.5. The fourth-order valence-corrected chi connectivity index (χ4v) is 0.589. The van der Waals surface area contributed by atoms with Gasteiger partial charge in [0.15, 0.2) is 5.76 Å². The van der Waals surface area contributed by atoms with E-state index in [9.17, 15) is 0 Å². The summed E-state index contributed by atoms with van der Waals surface area (Å²) in [6, 6.07) is 3.03. The molecule has 0 aromatic carbocycles. The van der Waals surface area contributed by atoms with Gasteiger partial charge < -0.3 is 14.6 Å². The minimum absolute atomic E-state index is 0.0718. The molecular formula is C7H8O3. The molecule has 0 saturated carbocycles. The average Bonchev–Trinajstić information content (AvgIpc) is 2.38. The van der Waals surface area contributed by atoms with Gasteiger partial charge in [-0.25, -0.2) is 0 Å². The van der Waals surface area contributed by atoms with Gasteiger partial charge in [-0.3, -0.25) is 0 Å². The molecule has 0 saturated heterocycles. The summed E-state index contributed by atoms with van der Waals surface area (Å²) in [6.45, 7) is 3.23. The summed E-state index contributed by atoms with van der Waals surface area (Å²) in [5.74, 6) is -1.97. The smallest absolute Gasteiger partial charge is 0.243 e. The zero-order chi connectivity index (χ0) is 7.61. The Labute approximate surface area is 58.2 Å². The van der Waals surface area contributed by atoms with Gasteiger partial charge in [-0.2, -0.15) is 0 Å². The van der Waals surface area contributed by atoms with Gasteiger partial charge in [-0.1, -0.05) is 6.58 Å². The molecule has 0 aliphatic rings. The van der Waals surface area contributed by atoms with Crippen LogP contribution in [-0.2, 0) is 5.79 Å². The summed E-state index contributed by atoms with van der Waals surface area (Å²) >= 11 is 0. The van der Waals surface area contributed by atoms with Crippen molar-refractivity contribution < 1.29 is 14.6 Å². The van der Waals surface area contributed by atoms with Crippen LogP contribution in [-0.4, -0.2) is 10.2 Å². The van der Waals surface area contributed by atoms with E-state index in [1.54, 1.807) is 6.07 Å². The Morgan fingerprint density at radius 1 is 1.60 bits per heavy atom. The first kappa shape index (κ1) is 7.05. The predicted octanol–water partition coefficient (Wildman–Crippen LogP) is 0.603. The third-order valence-corrected chi connectivity index (χ3v) is 1.17. The van der Waals surface area contributed by atoms with Crippen LogP contribution in [0.1, 0.15) is 5.76 Å². The van der Waals surface area contributed by atoms with Gasteiger partial charge in [0.25, 0.3) is 0 Å². The highest BCUT2D eigenvalue weighted by Crippen LogP contribution is 2.18. The Hall–Kier alpha value is -1.06. The minimum Gasteiger partial charge on any atom is -0.463 e. The van der Waals surface area contributed by atoms with E-state index in [1.807, 2.05) is 0 Å². The molecule has 1 heterocycles. The van der Waals surface area contributed by atoms with E-state index in [0.29, 0.717) is 0 Å². The highest BCUT2D eigenvalue weighted by molar-refractivity contribution is 5.10. The SMILES string of the molecule is C=CC(O)(O)c1ccco1. The Morgan fingerprint density at radius 2 is 2.30 bits per heavy atom. The number of hydrogen-bond donors (Lipinski definition) is 2. The van der Waals surface area contributed by atoms with Gasteiger partial charge in [0.05, 0.1) is 6.26 Å². The molecule has 10 heavy (non-hydrogen) atoms. The lowest BCUT2D eigenvalue weighted by Gasteiger charge is -2.12. The molecular weight excluding hydrogens is 132 g/mol. The summed E-state index contributed by atoms with van der Waals surface area (Å²) in [7, 11) is 0. The molecule has 2 N–H and O–H groups in total. The molecule has 54 valence electrons. The van der Waals surface area contributed by atoms with E-state index in [1.165, 1.54) is 12.3 Å². The molecule has 3 nitrogen and oxygen atoms in total. The third-order valence-electron chi connectivity index (χ3n) is 1.17. The maximum atomic E-state index is 9.03. The normalized spacial score (nSPS) is 11.4. The van der Waals surface area contributed by atoms with Gasteiger partial charge in [0, 0.05) is 0 Å². The van der Waals surface area contributed by atoms with Crippen LogP contribution in [0.25, 0.3) is 0 Å². The lowest BCUT2D eigenvalue weighted by molar-refractivity contribution is -0.139. The molecule has 1 aromatic heterocycles. The summed E-state index contributed by atoms with van der Waals surface area (Å²) in [5.41, 5.74) is 0. The molecule has 0 spiro atoms.